The van der Waals surface area contributed by atoms with Gasteiger partial charge < -0.3 is 5.73 Å². The molecule has 42 valence electrons. The molecule has 0 radical (unpaired) electrons. The molecule has 0 saturated heterocycles. The molecule has 0 aliphatic rings. The molecule has 0 aromatic carbocycles. The van der Waals surface area contributed by atoms with E-state index in [0.29, 0.717) is 11.0 Å². The van der Waals surface area contributed by atoms with E-state index >= 15 is 0 Å². The molecule has 0 fully saturated rings. The van der Waals surface area contributed by atoms with Crippen molar-refractivity contribution in [3.63, 3.8) is 0 Å². The van der Waals surface area contributed by atoms with Crippen LogP contribution in [0.3, 0.4) is 0 Å². The fraction of sp³-hybridized carbons (Fsp3) is 0.500. The van der Waals surface area contributed by atoms with Crippen molar-refractivity contribution in [2.24, 2.45) is 5.73 Å². The van der Waals surface area contributed by atoms with Crippen molar-refractivity contribution in [2.75, 3.05) is 6.54 Å². The Morgan fingerprint density at radius 1 is 1.57 bits per heavy atom. The van der Waals surface area contributed by atoms with Gasteiger partial charge in [0.15, 0.2) is 0 Å². The molecule has 0 amide bonds. The maximum atomic E-state index is 5.23. The van der Waals surface area contributed by atoms with E-state index in [-0.39, 0.29) is 0 Å². The second-order valence-corrected chi connectivity index (χ2v) is 2.08. The molecule has 0 bridgehead atoms. The SMILES string of the molecule is NCCC=C(Cl)Cl. The van der Waals surface area contributed by atoms with E-state index in [2.05, 4.69) is 0 Å². The summed E-state index contributed by atoms with van der Waals surface area (Å²) in [5.74, 6) is 0. The molecule has 0 saturated carbocycles. The lowest BCUT2D eigenvalue weighted by atomic mass is 10.4. The summed E-state index contributed by atoms with van der Waals surface area (Å²) >= 11 is 10.5. The normalized spacial score (nSPS) is 8.43. The standard InChI is InChI=1S/C4H7Cl2N/c5-4(6)2-1-3-7/h2H,1,3,7H2. The van der Waals surface area contributed by atoms with Crippen LogP contribution in [0.15, 0.2) is 10.6 Å². The molecule has 0 rings (SSSR count). The molecule has 0 unspecified atom stereocenters. The van der Waals surface area contributed by atoms with E-state index in [1.54, 1.807) is 6.08 Å². The maximum absolute atomic E-state index is 5.23. The number of nitrogens with two attached hydrogens (primary N) is 1. The third-order valence-corrected chi connectivity index (χ3v) is 0.774. The molecule has 0 atom stereocenters. The second-order valence-electron chi connectivity index (χ2n) is 1.07. The topological polar surface area (TPSA) is 26.0 Å². The van der Waals surface area contributed by atoms with Gasteiger partial charge in [0.25, 0.3) is 0 Å². The highest BCUT2D eigenvalue weighted by Gasteiger charge is 1.78. The fourth-order valence-electron chi connectivity index (χ4n) is 0.192. The van der Waals surface area contributed by atoms with Crippen LogP contribution in [-0.2, 0) is 0 Å². The molecule has 0 aliphatic carbocycles. The molecule has 1 nitrogen and oxygen atoms in total. The van der Waals surface area contributed by atoms with Crippen molar-refractivity contribution in [3.05, 3.63) is 10.6 Å². The largest absolute Gasteiger partial charge is 0.330 e. The zero-order valence-corrected chi connectivity index (χ0v) is 5.34. The van der Waals surface area contributed by atoms with E-state index in [1.807, 2.05) is 0 Å². The van der Waals surface area contributed by atoms with Gasteiger partial charge in [-0.2, -0.15) is 0 Å². The molecule has 0 heterocycles. The van der Waals surface area contributed by atoms with Crippen LogP contribution in [0, 0.1) is 0 Å². The first-order valence-electron chi connectivity index (χ1n) is 1.98. The molecular weight excluding hydrogens is 133 g/mol. The molecule has 3 heteroatoms. The van der Waals surface area contributed by atoms with Gasteiger partial charge in [0, 0.05) is 0 Å². The Kier molecular flexibility index (Phi) is 4.62. The van der Waals surface area contributed by atoms with Crippen LogP contribution in [0.1, 0.15) is 6.42 Å². The minimum absolute atomic E-state index is 0.297. The smallest absolute Gasteiger partial charge is 0.102 e. The van der Waals surface area contributed by atoms with E-state index in [0.717, 1.165) is 6.42 Å². The summed E-state index contributed by atoms with van der Waals surface area (Å²) in [6.07, 6.45) is 2.42. The lowest BCUT2D eigenvalue weighted by molar-refractivity contribution is 1.01. The Balaban J connectivity index is 3.08. The van der Waals surface area contributed by atoms with Crippen molar-refractivity contribution in [1.29, 1.82) is 0 Å². The van der Waals surface area contributed by atoms with Gasteiger partial charge >= 0.3 is 0 Å². The first kappa shape index (κ1) is 7.28. The lowest BCUT2D eigenvalue weighted by Crippen LogP contribution is -1.94. The van der Waals surface area contributed by atoms with Crippen molar-refractivity contribution in [2.45, 2.75) is 6.42 Å². The summed E-state index contributed by atoms with van der Waals surface area (Å²) in [6.45, 7) is 0.600. The second kappa shape index (κ2) is 4.44. The quantitative estimate of drug-likeness (QED) is 0.619. The third kappa shape index (κ3) is 6.28. The number of hydrogen-bond acceptors (Lipinski definition) is 1. The lowest BCUT2D eigenvalue weighted by Gasteiger charge is -1.81. The van der Waals surface area contributed by atoms with Gasteiger partial charge in [-0.3, -0.25) is 0 Å². The van der Waals surface area contributed by atoms with Crippen molar-refractivity contribution < 1.29 is 0 Å². The van der Waals surface area contributed by atoms with Crippen LogP contribution < -0.4 is 5.73 Å². The molecule has 2 N–H and O–H groups in total. The maximum Gasteiger partial charge on any atom is 0.102 e. The summed E-state index contributed by atoms with van der Waals surface area (Å²) in [5.41, 5.74) is 5.11. The van der Waals surface area contributed by atoms with Crippen molar-refractivity contribution in [3.8, 4) is 0 Å². The van der Waals surface area contributed by atoms with Crippen molar-refractivity contribution in [1.82, 2.24) is 0 Å². The summed E-state index contributed by atoms with van der Waals surface area (Å²) in [6, 6.07) is 0. The van der Waals surface area contributed by atoms with Crippen LogP contribution in [0.5, 0.6) is 0 Å². The highest BCUT2D eigenvalue weighted by atomic mass is 35.5. The monoisotopic (exact) mass is 139 g/mol. The van der Waals surface area contributed by atoms with Crippen LogP contribution in [0.2, 0.25) is 0 Å². The third-order valence-electron chi connectivity index (χ3n) is 0.465. The summed E-state index contributed by atoms with van der Waals surface area (Å²) in [5, 5.41) is 0. The average molecular weight is 140 g/mol. The van der Waals surface area contributed by atoms with E-state index in [1.165, 1.54) is 0 Å². The highest BCUT2D eigenvalue weighted by Crippen LogP contribution is 2.05. The number of halogens is 2. The summed E-state index contributed by atoms with van der Waals surface area (Å²) < 4.78 is 0.297. The summed E-state index contributed by atoms with van der Waals surface area (Å²) in [7, 11) is 0. The number of hydrogen-bond donors (Lipinski definition) is 1. The van der Waals surface area contributed by atoms with Gasteiger partial charge in [-0.1, -0.05) is 29.3 Å². The molecule has 0 spiro atoms. The van der Waals surface area contributed by atoms with Gasteiger partial charge in [0.1, 0.15) is 4.49 Å². The van der Waals surface area contributed by atoms with Crippen LogP contribution >= 0.6 is 23.2 Å². The Morgan fingerprint density at radius 3 is 2.29 bits per heavy atom. The fourth-order valence-corrected chi connectivity index (χ4v) is 0.411. The zero-order valence-electron chi connectivity index (χ0n) is 3.82. The number of rotatable bonds is 2. The zero-order chi connectivity index (χ0) is 5.70. The Hall–Kier alpha value is 0.280. The molecule has 0 aromatic heterocycles. The summed E-state index contributed by atoms with van der Waals surface area (Å²) in [4.78, 5) is 0. The molecule has 7 heavy (non-hydrogen) atoms. The Bertz CT molecular complexity index is 66.1. The Morgan fingerprint density at radius 2 is 2.14 bits per heavy atom. The van der Waals surface area contributed by atoms with Gasteiger partial charge in [0.2, 0.25) is 0 Å². The molecule has 0 aromatic rings. The van der Waals surface area contributed by atoms with Gasteiger partial charge in [-0.15, -0.1) is 0 Å². The first-order chi connectivity index (χ1) is 3.27. The Labute approximate surface area is 53.1 Å². The van der Waals surface area contributed by atoms with E-state index in [9.17, 15) is 0 Å². The molecule has 0 aliphatic heterocycles. The van der Waals surface area contributed by atoms with Crippen LogP contribution in [-0.4, -0.2) is 6.54 Å². The minimum atomic E-state index is 0.297. The predicted molar refractivity (Wildman–Crippen MR) is 33.5 cm³/mol. The highest BCUT2D eigenvalue weighted by molar-refractivity contribution is 6.55. The molecular formula is C4H7Cl2N. The minimum Gasteiger partial charge on any atom is -0.330 e. The van der Waals surface area contributed by atoms with Crippen LogP contribution in [0.4, 0.5) is 0 Å². The predicted octanol–water partition coefficient (Wildman–Crippen LogP) is 1.65. The van der Waals surface area contributed by atoms with E-state index < -0.39 is 0 Å². The first-order valence-corrected chi connectivity index (χ1v) is 2.74. The average Bonchev–Trinajstić information content (AvgIpc) is 1.61. The van der Waals surface area contributed by atoms with Gasteiger partial charge in [0.05, 0.1) is 0 Å². The van der Waals surface area contributed by atoms with Gasteiger partial charge in [-0.05, 0) is 13.0 Å². The van der Waals surface area contributed by atoms with E-state index in [4.69, 9.17) is 28.9 Å². The van der Waals surface area contributed by atoms with Crippen LogP contribution in [0.25, 0.3) is 0 Å². The van der Waals surface area contributed by atoms with Gasteiger partial charge in [-0.25, -0.2) is 0 Å². The van der Waals surface area contributed by atoms with Crippen molar-refractivity contribution >= 4 is 23.2 Å².